The lowest BCUT2D eigenvalue weighted by molar-refractivity contribution is -0.125. The van der Waals surface area contributed by atoms with E-state index in [1.54, 1.807) is 48.5 Å². The zero-order valence-corrected chi connectivity index (χ0v) is 16.4. The van der Waals surface area contributed by atoms with Gasteiger partial charge in [0.25, 0.3) is 5.24 Å². The average molecular weight is 420 g/mol. The third-order valence-corrected chi connectivity index (χ3v) is 4.97. The van der Waals surface area contributed by atoms with Crippen molar-refractivity contribution in [1.82, 2.24) is 10.2 Å². The number of urea groups is 1. The van der Waals surface area contributed by atoms with E-state index in [9.17, 15) is 14.4 Å². The first-order valence-electron chi connectivity index (χ1n) is 8.50. The highest BCUT2D eigenvalue weighted by Crippen LogP contribution is 2.22. The molecule has 3 rings (SSSR count). The van der Waals surface area contributed by atoms with Crippen LogP contribution < -0.4 is 15.4 Å². The second kappa shape index (κ2) is 9.48. The molecule has 1 fully saturated rings. The predicted molar refractivity (Wildman–Crippen MR) is 109 cm³/mol. The van der Waals surface area contributed by atoms with E-state index in [0.29, 0.717) is 29.6 Å². The normalized spacial score (nSPS) is 13.5. The number of carbonyl (C=O) groups excluding carboxylic acids is 3. The second-order valence-electron chi connectivity index (χ2n) is 5.91. The Hall–Kier alpha value is -2.71. The standard InChI is InChI=1S/C19H18ClN3O4S/c20-14-3-7-16(8-4-14)27-10-9-21-18(25)22-15-5-1-13(2-6-15)11-23-17(24)12-28-19(23)26/h1-8H,9-12H2,(H2,21,22,25). The summed E-state index contributed by atoms with van der Waals surface area (Å²) < 4.78 is 5.50. The molecule has 146 valence electrons. The van der Waals surface area contributed by atoms with Crippen LogP contribution in [0.25, 0.3) is 0 Å². The number of amides is 4. The number of hydrogen-bond acceptors (Lipinski definition) is 5. The van der Waals surface area contributed by atoms with Gasteiger partial charge >= 0.3 is 6.03 Å². The minimum Gasteiger partial charge on any atom is -0.492 e. The Morgan fingerprint density at radius 2 is 1.82 bits per heavy atom. The molecule has 2 aromatic rings. The van der Waals surface area contributed by atoms with Crippen molar-refractivity contribution in [2.45, 2.75) is 6.54 Å². The Balaban J connectivity index is 1.39. The first-order chi connectivity index (χ1) is 13.5. The van der Waals surface area contributed by atoms with Crippen molar-refractivity contribution in [2.24, 2.45) is 0 Å². The number of halogens is 1. The van der Waals surface area contributed by atoms with Gasteiger partial charge in [0.15, 0.2) is 0 Å². The highest BCUT2D eigenvalue weighted by Gasteiger charge is 2.29. The van der Waals surface area contributed by atoms with Gasteiger partial charge in [-0.1, -0.05) is 35.5 Å². The van der Waals surface area contributed by atoms with E-state index in [1.165, 1.54) is 4.90 Å². The number of rotatable bonds is 7. The van der Waals surface area contributed by atoms with Gasteiger partial charge in [-0.3, -0.25) is 14.5 Å². The summed E-state index contributed by atoms with van der Waals surface area (Å²) >= 11 is 6.81. The maximum atomic E-state index is 11.9. The Morgan fingerprint density at radius 3 is 2.46 bits per heavy atom. The number of carbonyl (C=O) groups is 3. The van der Waals surface area contributed by atoms with Crippen molar-refractivity contribution in [1.29, 1.82) is 0 Å². The van der Waals surface area contributed by atoms with E-state index in [0.717, 1.165) is 17.3 Å². The van der Waals surface area contributed by atoms with Gasteiger partial charge in [-0.2, -0.15) is 0 Å². The van der Waals surface area contributed by atoms with Crippen molar-refractivity contribution >= 4 is 46.2 Å². The third-order valence-electron chi connectivity index (χ3n) is 3.86. The number of anilines is 1. The fraction of sp³-hybridized carbons (Fsp3) is 0.211. The minimum atomic E-state index is -0.353. The van der Waals surface area contributed by atoms with Crippen molar-refractivity contribution in [3.8, 4) is 5.75 Å². The zero-order valence-electron chi connectivity index (χ0n) is 14.8. The van der Waals surface area contributed by atoms with E-state index in [1.807, 2.05) is 0 Å². The molecule has 0 bridgehead atoms. The van der Waals surface area contributed by atoms with E-state index in [-0.39, 0.29) is 29.5 Å². The van der Waals surface area contributed by atoms with Gasteiger partial charge in [-0.25, -0.2) is 4.79 Å². The first kappa shape index (κ1) is 20.0. The maximum Gasteiger partial charge on any atom is 0.319 e. The highest BCUT2D eigenvalue weighted by atomic mass is 35.5. The smallest absolute Gasteiger partial charge is 0.319 e. The van der Waals surface area contributed by atoms with E-state index in [4.69, 9.17) is 16.3 Å². The molecule has 4 amide bonds. The van der Waals surface area contributed by atoms with Crippen LogP contribution in [0.2, 0.25) is 5.02 Å². The third kappa shape index (κ3) is 5.64. The minimum absolute atomic E-state index is 0.183. The van der Waals surface area contributed by atoms with Gasteiger partial charge in [0.05, 0.1) is 18.8 Å². The topological polar surface area (TPSA) is 87.7 Å². The van der Waals surface area contributed by atoms with Gasteiger partial charge in [0.1, 0.15) is 12.4 Å². The summed E-state index contributed by atoms with van der Waals surface area (Å²) in [6.07, 6.45) is 0. The molecule has 1 saturated heterocycles. The van der Waals surface area contributed by atoms with Gasteiger partial charge in [0.2, 0.25) is 5.91 Å². The molecule has 1 heterocycles. The zero-order chi connectivity index (χ0) is 19.9. The van der Waals surface area contributed by atoms with Crippen LogP contribution in [-0.4, -0.2) is 41.0 Å². The lowest BCUT2D eigenvalue weighted by Crippen LogP contribution is -2.32. The average Bonchev–Trinajstić information content (AvgIpc) is 3.00. The maximum absolute atomic E-state index is 11.9. The molecule has 28 heavy (non-hydrogen) atoms. The number of imide groups is 1. The number of benzene rings is 2. The Labute approximate surface area is 171 Å². The van der Waals surface area contributed by atoms with Crippen molar-refractivity contribution < 1.29 is 19.1 Å². The van der Waals surface area contributed by atoms with Gasteiger partial charge in [0, 0.05) is 10.7 Å². The molecule has 0 aromatic heterocycles. The summed E-state index contributed by atoms with van der Waals surface area (Å²) in [5, 5.41) is 5.81. The molecule has 2 N–H and O–H groups in total. The van der Waals surface area contributed by atoms with Crippen molar-refractivity contribution in [3.05, 3.63) is 59.1 Å². The quantitative estimate of drug-likeness (QED) is 0.667. The summed E-state index contributed by atoms with van der Waals surface area (Å²) in [5.41, 5.74) is 1.42. The molecule has 0 radical (unpaired) electrons. The van der Waals surface area contributed by atoms with Crippen LogP contribution in [0.4, 0.5) is 15.3 Å². The number of nitrogens with zero attached hydrogens (tertiary/aromatic N) is 1. The van der Waals surface area contributed by atoms with E-state index in [2.05, 4.69) is 10.6 Å². The molecule has 0 aliphatic carbocycles. The van der Waals surface area contributed by atoms with Crippen LogP contribution >= 0.6 is 23.4 Å². The Morgan fingerprint density at radius 1 is 1.11 bits per heavy atom. The summed E-state index contributed by atoms with van der Waals surface area (Å²) in [6.45, 7) is 0.895. The second-order valence-corrected chi connectivity index (χ2v) is 7.28. The molecule has 0 atom stereocenters. The predicted octanol–water partition coefficient (Wildman–Crippen LogP) is 3.74. The molecule has 0 spiro atoms. The number of nitrogens with one attached hydrogen (secondary N) is 2. The molecule has 2 aromatic carbocycles. The lowest BCUT2D eigenvalue weighted by atomic mass is 10.2. The van der Waals surface area contributed by atoms with Gasteiger partial charge in [-0.05, 0) is 42.0 Å². The molecule has 1 aliphatic rings. The van der Waals surface area contributed by atoms with Crippen LogP contribution in [0.15, 0.2) is 48.5 Å². The number of hydrogen-bond donors (Lipinski definition) is 2. The Bertz CT molecular complexity index is 842. The first-order valence-corrected chi connectivity index (χ1v) is 9.87. The Kier molecular flexibility index (Phi) is 6.78. The lowest BCUT2D eigenvalue weighted by Gasteiger charge is -2.13. The summed E-state index contributed by atoms with van der Waals surface area (Å²) in [5.74, 6) is 0.688. The summed E-state index contributed by atoms with van der Waals surface area (Å²) in [7, 11) is 0. The van der Waals surface area contributed by atoms with Gasteiger partial charge < -0.3 is 15.4 Å². The fourth-order valence-corrected chi connectivity index (χ4v) is 3.30. The molecule has 9 heteroatoms. The molecule has 0 saturated carbocycles. The molecule has 1 aliphatic heterocycles. The van der Waals surface area contributed by atoms with Gasteiger partial charge in [-0.15, -0.1) is 0 Å². The molecular weight excluding hydrogens is 402 g/mol. The SMILES string of the molecule is O=C(NCCOc1ccc(Cl)cc1)Nc1ccc(CN2C(=O)CSC2=O)cc1. The summed E-state index contributed by atoms with van der Waals surface area (Å²) in [4.78, 5) is 36.4. The van der Waals surface area contributed by atoms with Crippen LogP contribution in [0, 0.1) is 0 Å². The molecular formula is C19H18ClN3O4S. The fourth-order valence-electron chi connectivity index (χ4n) is 2.45. The van der Waals surface area contributed by atoms with Crippen LogP contribution in [0.5, 0.6) is 5.75 Å². The molecule has 7 nitrogen and oxygen atoms in total. The summed E-state index contributed by atoms with van der Waals surface area (Å²) in [6, 6.07) is 13.6. The van der Waals surface area contributed by atoms with Crippen LogP contribution in [0.1, 0.15) is 5.56 Å². The molecule has 0 unspecified atom stereocenters. The van der Waals surface area contributed by atoms with Crippen molar-refractivity contribution in [2.75, 3.05) is 24.2 Å². The van der Waals surface area contributed by atoms with Crippen LogP contribution in [0.3, 0.4) is 0 Å². The largest absolute Gasteiger partial charge is 0.492 e. The number of ether oxygens (including phenoxy) is 1. The van der Waals surface area contributed by atoms with Crippen molar-refractivity contribution in [3.63, 3.8) is 0 Å². The highest BCUT2D eigenvalue weighted by molar-refractivity contribution is 8.14. The monoisotopic (exact) mass is 419 g/mol. The van der Waals surface area contributed by atoms with E-state index >= 15 is 0 Å². The number of thioether (sulfide) groups is 1. The van der Waals surface area contributed by atoms with Crippen LogP contribution in [-0.2, 0) is 11.3 Å². The van der Waals surface area contributed by atoms with E-state index < -0.39 is 0 Å².